The third kappa shape index (κ3) is 5.87. The van der Waals surface area contributed by atoms with Crippen molar-refractivity contribution in [2.24, 2.45) is 0 Å². The van der Waals surface area contributed by atoms with Crippen molar-refractivity contribution in [1.82, 2.24) is 20.7 Å². The van der Waals surface area contributed by atoms with Gasteiger partial charge in [0.2, 0.25) is 11.7 Å². The Morgan fingerprint density at radius 3 is 2.46 bits per heavy atom. The molecule has 1 aromatic heterocycles. The summed E-state index contributed by atoms with van der Waals surface area (Å²) < 4.78 is 44.3. The van der Waals surface area contributed by atoms with Gasteiger partial charge in [0.05, 0.1) is 38.6 Å². The van der Waals surface area contributed by atoms with Gasteiger partial charge in [-0.25, -0.2) is 18.4 Å². The van der Waals surface area contributed by atoms with Gasteiger partial charge in [0.1, 0.15) is 11.8 Å². The van der Waals surface area contributed by atoms with Crippen molar-refractivity contribution in [3.63, 3.8) is 0 Å². The Hall–Kier alpha value is -4.43. The number of hydrogen-bond donors (Lipinski definition) is 2. The summed E-state index contributed by atoms with van der Waals surface area (Å²) in [4.78, 5) is 51.7. The van der Waals surface area contributed by atoms with Crippen molar-refractivity contribution < 1.29 is 42.0 Å². The summed E-state index contributed by atoms with van der Waals surface area (Å²) in [6.45, 7) is 0.373. The highest BCUT2D eigenvalue weighted by molar-refractivity contribution is 5.94. The lowest BCUT2D eigenvalue weighted by Crippen LogP contribution is -2.51. The zero-order chi connectivity index (χ0) is 26.5. The Morgan fingerprint density at radius 1 is 1.14 bits per heavy atom. The first-order chi connectivity index (χ1) is 17.8. The van der Waals surface area contributed by atoms with E-state index >= 15 is 0 Å². The molecule has 0 saturated carbocycles. The molecule has 0 radical (unpaired) electrons. The first-order valence-electron chi connectivity index (χ1n) is 11.3. The molecule has 4 rings (SSSR count). The molecule has 1 unspecified atom stereocenters. The molecule has 1 atom stereocenters. The average Bonchev–Trinajstić information content (AvgIpc) is 3.55. The lowest BCUT2D eigenvalue weighted by Gasteiger charge is -2.36. The van der Waals surface area contributed by atoms with Gasteiger partial charge < -0.3 is 34.4 Å². The topological polar surface area (TPSA) is 147 Å². The number of hydrogen-bond acceptors (Lipinski definition) is 9. The summed E-state index contributed by atoms with van der Waals surface area (Å²) in [5.74, 6) is -2.71. The Morgan fingerprint density at radius 2 is 1.84 bits per heavy atom. The van der Waals surface area contributed by atoms with Gasteiger partial charge in [-0.15, -0.1) is 0 Å². The standard InChI is InChI=1S/C22H24F2N6O7/c1-35-21(33)26-10-14-12-30(22(34)36-14)13-8-15(23)19(16(24)9-13)29-6-4-28(5-7-29)18(31)11-25-20(32)17-2-3-27-37-17/h2-3,8-9,14H,4-7,10-12H2,1H3,(H,25,32)(H,26,33). The van der Waals surface area contributed by atoms with Gasteiger partial charge in [0.15, 0.2) is 11.6 Å². The SMILES string of the molecule is COC(=O)NCC1CN(c2cc(F)c(N3CCN(C(=O)CNC(=O)c4ccno4)CC3)c(F)c2)C(=O)O1. The van der Waals surface area contributed by atoms with Crippen molar-refractivity contribution in [3.8, 4) is 0 Å². The van der Waals surface area contributed by atoms with E-state index in [2.05, 4.69) is 20.5 Å². The van der Waals surface area contributed by atoms with Crippen LogP contribution in [0.15, 0.2) is 28.9 Å². The highest BCUT2D eigenvalue weighted by atomic mass is 19.1. The van der Waals surface area contributed by atoms with E-state index in [-0.39, 0.29) is 68.9 Å². The molecule has 0 spiro atoms. The number of alkyl carbamates (subject to hydrolysis) is 1. The second kappa shape index (κ2) is 11.1. The molecule has 2 N–H and O–H groups in total. The number of nitrogens with zero attached hydrogens (tertiary/aromatic N) is 4. The van der Waals surface area contributed by atoms with Crippen LogP contribution in [0.1, 0.15) is 10.6 Å². The normalized spacial score (nSPS) is 17.4. The van der Waals surface area contributed by atoms with Crippen molar-refractivity contribution in [2.45, 2.75) is 6.10 Å². The van der Waals surface area contributed by atoms with Gasteiger partial charge in [-0.2, -0.15) is 0 Å². The zero-order valence-electron chi connectivity index (χ0n) is 19.7. The molecule has 1 aromatic carbocycles. The van der Waals surface area contributed by atoms with Crippen molar-refractivity contribution >= 4 is 35.4 Å². The molecule has 2 aliphatic rings. The number of halogens is 2. The van der Waals surface area contributed by atoms with E-state index in [0.717, 1.165) is 17.0 Å². The molecule has 2 aliphatic heterocycles. The van der Waals surface area contributed by atoms with Gasteiger partial charge >= 0.3 is 12.2 Å². The summed E-state index contributed by atoms with van der Waals surface area (Å²) in [6, 6.07) is 3.43. The van der Waals surface area contributed by atoms with E-state index in [9.17, 15) is 28.0 Å². The van der Waals surface area contributed by atoms with Gasteiger partial charge in [0.25, 0.3) is 5.91 Å². The molecule has 198 valence electrons. The molecular weight excluding hydrogens is 498 g/mol. The predicted octanol–water partition coefficient (Wildman–Crippen LogP) is 0.713. The molecule has 4 amide bonds. The fraction of sp³-hybridized carbons (Fsp3) is 0.409. The Labute approximate surface area is 209 Å². The van der Waals surface area contributed by atoms with Gasteiger partial charge in [-0.05, 0) is 0 Å². The molecule has 0 bridgehead atoms. The van der Waals surface area contributed by atoms with Crippen LogP contribution in [0.25, 0.3) is 0 Å². The number of carbonyl (C=O) groups excluding carboxylic acids is 4. The molecule has 2 fully saturated rings. The van der Waals surface area contributed by atoms with Gasteiger partial charge in [-0.1, -0.05) is 5.16 Å². The lowest BCUT2D eigenvalue weighted by molar-refractivity contribution is -0.130. The number of amides is 4. The summed E-state index contributed by atoms with van der Waals surface area (Å²) >= 11 is 0. The molecule has 3 heterocycles. The smallest absolute Gasteiger partial charge is 0.414 e. The van der Waals surface area contributed by atoms with E-state index < -0.39 is 35.8 Å². The maximum absolute atomic E-state index is 15.0. The third-order valence-electron chi connectivity index (χ3n) is 5.86. The summed E-state index contributed by atoms with van der Waals surface area (Å²) in [5, 5.41) is 8.25. The maximum Gasteiger partial charge on any atom is 0.414 e. The highest BCUT2D eigenvalue weighted by Gasteiger charge is 2.34. The number of methoxy groups -OCH3 is 1. The number of aromatic nitrogens is 1. The fourth-order valence-electron chi connectivity index (χ4n) is 3.99. The largest absolute Gasteiger partial charge is 0.453 e. The minimum absolute atomic E-state index is 0.0190. The maximum atomic E-state index is 15.0. The number of nitrogens with one attached hydrogen (secondary N) is 2. The van der Waals surface area contributed by atoms with E-state index in [1.54, 1.807) is 0 Å². The number of cyclic esters (lactones) is 1. The number of rotatable bonds is 7. The first-order valence-corrected chi connectivity index (χ1v) is 11.3. The zero-order valence-corrected chi connectivity index (χ0v) is 19.7. The Bertz CT molecular complexity index is 1150. The quantitative estimate of drug-likeness (QED) is 0.537. The van der Waals surface area contributed by atoms with Crippen LogP contribution in [0.5, 0.6) is 0 Å². The average molecular weight is 522 g/mol. The minimum Gasteiger partial charge on any atom is -0.453 e. The molecule has 2 aromatic rings. The number of ether oxygens (including phenoxy) is 2. The highest BCUT2D eigenvalue weighted by Crippen LogP contribution is 2.31. The van der Waals surface area contributed by atoms with Crippen LogP contribution in [-0.2, 0) is 14.3 Å². The second-order valence-corrected chi connectivity index (χ2v) is 8.17. The number of carbonyl (C=O) groups is 4. The van der Waals surface area contributed by atoms with Crippen LogP contribution in [0.3, 0.4) is 0 Å². The summed E-state index contributed by atoms with van der Waals surface area (Å²) in [7, 11) is 1.19. The summed E-state index contributed by atoms with van der Waals surface area (Å²) in [6.07, 6.45) is -0.914. The van der Waals surface area contributed by atoms with Crippen molar-refractivity contribution in [2.75, 3.05) is 62.7 Å². The van der Waals surface area contributed by atoms with E-state index in [4.69, 9.17) is 9.26 Å². The number of piperazine rings is 1. The van der Waals surface area contributed by atoms with E-state index in [1.165, 1.54) is 29.2 Å². The molecular formula is C22H24F2N6O7. The Balaban J connectivity index is 1.32. The van der Waals surface area contributed by atoms with Crippen LogP contribution in [0.4, 0.5) is 29.7 Å². The van der Waals surface area contributed by atoms with Gasteiger partial charge in [0, 0.05) is 44.4 Å². The summed E-state index contributed by atoms with van der Waals surface area (Å²) in [5.41, 5.74) is -0.299. The van der Waals surface area contributed by atoms with Crippen LogP contribution < -0.4 is 20.4 Å². The molecule has 2 saturated heterocycles. The van der Waals surface area contributed by atoms with Crippen LogP contribution >= 0.6 is 0 Å². The van der Waals surface area contributed by atoms with Crippen LogP contribution in [0.2, 0.25) is 0 Å². The molecule has 37 heavy (non-hydrogen) atoms. The predicted molar refractivity (Wildman–Crippen MR) is 122 cm³/mol. The molecule has 13 nitrogen and oxygen atoms in total. The lowest BCUT2D eigenvalue weighted by atomic mass is 10.2. The van der Waals surface area contributed by atoms with Crippen LogP contribution in [-0.4, -0.2) is 93.1 Å². The third-order valence-corrected chi connectivity index (χ3v) is 5.86. The van der Waals surface area contributed by atoms with Crippen molar-refractivity contribution in [1.29, 1.82) is 0 Å². The second-order valence-electron chi connectivity index (χ2n) is 8.17. The van der Waals surface area contributed by atoms with E-state index in [1.807, 2.05) is 0 Å². The Kier molecular flexibility index (Phi) is 7.69. The number of anilines is 2. The number of benzene rings is 1. The molecule has 15 heteroatoms. The van der Waals surface area contributed by atoms with Crippen molar-refractivity contribution in [3.05, 3.63) is 41.8 Å². The van der Waals surface area contributed by atoms with Crippen LogP contribution in [0, 0.1) is 11.6 Å². The molecule has 0 aliphatic carbocycles. The monoisotopic (exact) mass is 522 g/mol. The minimum atomic E-state index is -0.877. The van der Waals surface area contributed by atoms with Gasteiger partial charge in [-0.3, -0.25) is 14.5 Å². The first kappa shape index (κ1) is 25.7. The fourth-order valence-corrected chi connectivity index (χ4v) is 3.99. The van der Waals surface area contributed by atoms with E-state index in [0.29, 0.717) is 0 Å².